The lowest BCUT2D eigenvalue weighted by molar-refractivity contribution is -0.137. The maximum absolute atomic E-state index is 13.3. The molecule has 7 heteroatoms. The lowest BCUT2D eigenvalue weighted by Crippen LogP contribution is -2.13. The van der Waals surface area contributed by atoms with Crippen LogP contribution < -0.4 is 5.32 Å². The van der Waals surface area contributed by atoms with Crippen LogP contribution in [0.4, 0.5) is 19.0 Å². The average Bonchev–Trinajstić information content (AvgIpc) is 3.30. The van der Waals surface area contributed by atoms with Crippen molar-refractivity contribution in [3.8, 4) is 17.2 Å². The van der Waals surface area contributed by atoms with Gasteiger partial charge in [0.05, 0.1) is 16.6 Å². The minimum Gasteiger partial charge on any atom is -0.371 e. The van der Waals surface area contributed by atoms with Gasteiger partial charge in [-0.1, -0.05) is 48.5 Å². The number of alkyl halides is 3. The van der Waals surface area contributed by atoms with E-state index in [-0.39, 0.29) is 0 Å². The molecule has 0 radical (unpaired) electrons. The van der Waals surface area contributed by atoms with Crippen LogP contribution in [-0.4, -0.2) is 15.9 Å². The molecule has 5 aromatic rings. The molecular formula is C32H27F3N4. The van der Waals surface area contributed by atoms with Crippen LogP contribution in [-0.2, 0) is 19.0 Å². The predicted molar refractivity (Wildman–Crippen MR) is 150 cm³/mol. The van der Waals surface area contributed by atoms with Gasteiger partial charge in [0.25, 0.3) is 0 Å². The SMILES string of the molecule is C=CCc1c(-c2ccc(C(F)(F)F)cc2)c(C#N)c2nc3ccccc3n2c1NCCc1ccc(C)c(C)c1. The normalized spacial score (nSPS) is 11.6. The molecule has 0 atom stereocenters. The summed E-state index contributed by atoms with van der Waals surface area (Å²) in [6.45, 7) is 8.70. The molecule has 0 unspecified atom stereocenters. The Labute approximate surface area is 225 Å². The van der Waals surface area contributed by atoms with E-state index < -0.39 is 11.7 Å². The van der Waals surface area contributed by atoms with Gasteiger partial charge in [-0.05, 0) is 73.2 Å². The highest BCUT2D eigenvalue weighted by molar-refractivity contribution is 5.91. The average molecular weight is 525 g/mol. The van der Waals surface area contributed by atoms with Crippen LogP contribution in [0.3, 0.4) is 0 Å². The molecule has 196 valence electrons. The van der Waals surface area contributed by atoms with Crippen molar-refractivity contribution in [2.24, 2.45) is 0 Å². The fraction of sp³-hybridized carbons (Fsp3) is 0.188. The Morgan fingerprint density at radius 3 is 2.44 bits per heavy atom. The van der Waals surface area contributed by atoms with Crippen LogP contribution in [0.1, 0.15) is 33.4 Å². The minimum atomic E-state index is -4.45. The summed E-state index contributed by atoms with van der Waals surface area (Å²) in [6.07, 6.45) is -1.55. The Kier molecular flexibility index (Phi) is 6.88. The Morgan fingerprint density at radius 1 is 1.03 bits per heavy atom. The van der Waals surface area contributed by atoms with E-state index in [2.05, 4.69) is 50.0 Å². The summed E-state index contributed by atoms with van der Waals surface area (Å²) in [5, 5.41) is 13.9. The molecule has 0 amide bonds. The van der Waals surface area contributed by atoms with Crippen molar-refractivity contribution >= 4 is 22.5 Å². The largest absolute Gasteiger partial charge is 0.416 e. The molecule has 0 fully saturated rings. The summed E-state index contributed by atoms with van der Waals surface area (Å²) < 4.78 is 41.8. The number of aryl methyl sites for hydroxylation is 2. The van der Waals surface area contributed by atoms with Crippen molar-refractivity contribution in [2.45, 2.75) is 32.9 Å². The quantitative estimate of drug-likeness (QED) is 0.219. The molecule has 39 heavy (non-hydrogen) atoms. The zero-order valence-corrected chi connectivity index (χ0v) is 21.7. The van der Waals surface area contributed by atoms with Gasteiger partial charge < -0.3 is 5.32 Å². The number of hydrogen-bond donors (Lipinski definition) is 1. The number of hydrogen-bond acceptors (Lipinski definition) is 3. The third-order valence-corrected chi connectivity index (χ3v) is 7.08. The Hall–Kier alpha value is -4.57. The first-order chi connectivity index (χ1) is 18.7. The second-order valence-electron chi connectivity index (χ2n) is 9.61. The van der Waals surface area contributed by atoms with Gasteiger partial charge in [0, 0.05) is 17.7 Å². The van der Waals surface area contributed by atoms with Gasteiger partial charge in [-0.25, -0.2) is 4.98 Å². The van der Waals surface area contributed by atoms with Gasteiger partial charge in [-0.15, -0.1) is 6.58 Å². The summed E-state index contributed by atoms with van der Waals surface area (Å²) in [5.74, 6) is 0.747. The molecular weight excluding hydrogens is 497 g/mol. The van der Waals surface area contributed by atoms with Gasteiger partial charge in [0.1, 0.15) is 17.5 Å². The molecule has 0 aliphatic carbocycles. The number of nitriles is 1. The lowest BCUT2D eigenvalue weighted by atomic mass is 9.93. The van der Waals surface area contributed by atoms with Crippen molar-refractivity contribution in [3.05, 3.63) is 113 Å². The first-order valence-electron chi connectivity index (χ1n) is 12.7. The molecule has 0 saturated carbocycles. The molecule has 4 nitrogen and oxygen atoms in total. The molecule has 0 spiro atoms. The maximum Gasteiger partial charge on any atom is 0.416 e. The highest BCUT2D eigenvalue weighted by Gasteiger charge is 2.30. The molecule has 3 aromatic carbocycles. The van der Waals surface area contributed by atoms with Crippen LogP contribution in [0.15, 0.2) is 79.4 Å². The number of nitrogens with one attached hydrogen (secondary N) is 1. The van der Waals surface area contributed by atoms with E-state index >= 15 is 0 Å². The molecule has 0 saturated heterocycles. The number of benzene rings is 3. The van der Waals surface area contributed by atoms with Crippen molar-refractivity contribution < 1.29 is 13.2 Å². The minimum absolute atomic E-state index is 0.308. The number of halogens is 3. The third-order valence-electron chi connectivity index (χ3n) is 7.08. The van der Waals surface area contributed by atoms with Gasteiger partial charge in [-0.3, -0.25) is 4.40 Å². The van der Waals surface area contributed by atoms with Crippen LogP contribution in [0.25, 0.3) is 27.8 Å². The van der Waals surface area contributed by atoms with Crippen LogP contribution in [0.2, 0.25) is 0 Å². The third kappa shape index (κ3) is 4.86. The maximum atomic E-state index is 13.3. The van der Waals surface area contributed by atoms with E-state index in [0.717, 1.165) is 41.0 Å². The number of nitrogens with zero attached hydrogens (tertiary/aromatic N) is 3. The second-order valence-corrected chi connectivity index (χ2v) is 9.61. The Bertz CT molecular complexity index is 1740. The first kappa shape index (κ1) is 26.1. The van der Waals surface area contributed by atoms with Gasteiger partial charge in [-0.2, -0.15) is 18.4 Å². The number of aromatic nitrogens is 2. The van der Waals surface area contributed by atoms with E-state index in [9.17, 15) is 18.4 Å². The fourth-order valence-corrected chi connectivity index (χ4v) is 5.00. The molecule has 0 aliphatic heterocycles. The Balaban J connectivity index is 1.71. The van der Waals surface area contributed by atoms with E-state index in [4.69, 9.17) is 4.98 Å². The summed E-state index contributed by atoms with van der Waals surface area (Å²) in [6, 6.07) is 21.3. The highest BCUT2D eigenvalue weighted by atomic mass is 19.4. The number of anilines is 1. The van der Waals surface area contributed by atoms with Gasteiger partial charge in [0.2, 0.25) is 0 Å². The summed E-state index contributed by atoms with van der Waals surface area (Å²) >= 11 is 0. The molecule has 0 aliphatic rings. The molecule has 5 rings (SSSR count). The van der Waals surface area contributed by atoms with E-state index in [1.807, 2.05) is 28.7 Å². The van der Waals surface area contributed by atoms with E-state index in [1.165, 1.54) is 28.8 Å². The number of imidazole rings is 1. The van der Waals surface area contributed by atoms with E-state index in [1.54, 1.807) is 6.08 Å². The van der Waals surface area contributed by atoms with Crippen molar-refractivity contribution in [1.82, 2.24) is 9.38 Å². The Morgan fingerprint density at radius 2 is 1.77 bits per heavy atom. The molecule has 2 aromatic heterocycles. The summed E-state index contributed by atoms with van der Waals surface area (Å²) in [4.78, 5) is 4.77. The zero-order valence-electron chi connectivity index (χ0n) is 21.7. The molecule has 1 N–H and O–H groups in total. The standard InChI is InChI=1S/C32H27F3N4/c1-4-7-25-29(23-12-14-24(15-13-23)32(33,34)35)26(19-36)31-38-27-8-5-6-9-28(27)39(31)30(25)37-17-16-22-11-10-20(2)21(3)18-22/h4-6,8-15,18,37H,1,7,16-17H2,2-3H3. The van der Waals surface area contributed by atoms with Crippen LogP contribution in [0.5, 0.6) is 0 Å². The number of fused-ring (bicyclic) bond motifs is 3. The fourth-order valence-electron chi connectivity index (χ4n) is 5.00. The summed E-state index contributed by atoms with van der Waals surface area (Å²) in [7, 11) is 0. The molecule has 0 bridgehead atoms. The van der Waals surface area contributed by atoms with Gasteiger partial charge >= 0.3 is 6.18 Å². The molecule has 2 heterocycles. The number of pyridine rings is 1. The van der Waals surface area contributed by atoms with Crippen molar-refractivity contribution in [1.29, 1.82) is 5.26 Å². The number of rotatable bonds is 7. The summed E-state index contributed by atoms with van der Waals surface area (Å²) in [5.41, 5.74) is 7.09. The van der Waals surface area contributed by atoms with Crippen molar-refractivity contribution in [2.75, 3.05) is 11.9 Å². The lowest BCUT2D eigenvalue weighted by Gasteiger charge is -2.20. The number of para-hydroxylation sites is 2. The topological polar surface area (TPSA) is 53.1 Å². The zero-order chi connectivity index (χ0) is 27.7. The van der Waals surface area contributed by atoms with Crippen molar-refractivity contribution in [3.63, 3.8) is 0 Å². The first-order valence-corrected chi connectivity index (χ1v) is 12.7. The van der Waals surface area contributed by atoms with Gasteiger partial charge in [0.15, 0.2) is 5.65 Å². The highest BCUT2D eigenvalue weighted by Crippen LogP contribution is 2.39. The number of allylic oxidation sites excluding steroid dienone is 1. The second kappa shape index (κ2) is 10.3. The van der Waals surface area contributed by atoms with Crippen LogP contribution >= 0.6 is 0 Å². The monoisotopic (exact) mass is 524 g/mol. The van der Waals surface area contributed by atoms with Crippen LogP contribution in [0, 0.1) is 25.2 Å². The smallest absolute Gasteiger partial charge is 0.371 e. The predicted octanol–water partition coefficient (Wildman–Crippen LogP) is 8.04. The van der Waals surface area contributed by atoms with E-state index in [0.29, 0.717) is 35.3 Å².